The Labute approximate surface area is 419 Å². The SMILES string of the molecule is CC(C)C[C@H](NC(=O)[C@H](Cc1ccc(O)cc1)NC(=O)[C@H](Cc1ccccc1)NC(=O)[C@H](CS)NC(=O)[C@H](Cc1ccccc1)NC(=O)[C@H](Cc1ccccc1)NC(=O)[C@@H](N)CCCN=C(N)N)C(=O)O. The highest BCUT2D eigenvalue weighted by Gasteiger charge is 2.34. The summed E-state index contributed by atoms with van der Waals surface area (Å²) in [5, 5.41) is 35.9. The van der Waals surface area contributed by atoms with Crippen LogP contribution in [0.15, 0.2) is 120 Å². The monoisotopic (exact) mass is 994 g/mol. The van der Waals surface area contributed by atoms with Crippen LogP contribution in [-0.2, 0) is 59.2 Å². The molecular weight excluding hydrogens is 929 g/mol. The maximum Gasteiger partial charge on any atom is 0.326 e. The molecular formula is C51H66N10O9S. The van der Waals surface area contributed by atoms with E-state index in [0.717, 1.165) is 0 Å². The number of phenolic OH excluding ortho intramolecular Hbond substituents is 1. The highest BCUT2D eigenvalue weighted by Crippen LogP contribution is 2.14. The van der Waals surface area contributed by atoms with Crippen LogP contribution in [0.5, 0.6) is 5.75 Å². The number of rotatable bonds is 28. The molecule has 4 aromatic carbocycles. The Bertz CT molecular complexity index is 2390. The third-order valence-corrected chi connectivity index (χ3v) is 11.6. The Morgan fingerprint density at radius 2 is 0.859 bits per heavy atom. The van der Waals surface area contributed by atoms with E-state index in [0.29, 0.717) is 28.7 Å². The molecule has 0 radical (unpaired) electrons. The molecule has 6 amide bonds. The molecule has 0 fully saturated rings. The van der Waals surface area contributed by atoms with Crippen molar-refractivity contribution in [1.82, 2.24) is 31.9 Å². The molecule has 0 saturated heterocycles. The lowest BCUT2D eigenvalue weighted by Gasteiger charge is -2.27. The van der Waals surface area contributed by atoms with E-state index in [1.807, 2.05) is 0 Å². The van der Waals surface area contributed by atoms with Gasteiger partial charge in [-0.1, -0.05) is 117 Å². The van der Waals surface area contributed by atoms with Crippen LogP contribution in [0.4, 0.5) is 0 Å². The summed E-state index contributed by atoms with van der Waals surface area (Å²) in [7, 11) is 0. The molecule has 4 rings (SSSR count). The van der Waals surface area contributed by atoms with Crippen molar-refractivity contribution in [3.05, 3.63) is 138 Å². The van der Waals surface area contributed by atoms with Crippen LogP contribution in [0.25, 0.3) is 0 Å². The van der Waals surface area contributed by atoms with Crippen molar-refractivity contribution >= 4 is 60.0 Å². The van der Waals surface area contributed by atoms with Crippen LogP contribution >= 0.6 is 12.6 Å². The van der Waals surface area contributed by atoms with E-state index in [-0.39, 0.29) is 68.4 Å². The van der Waals surface area contributed by atoms with Crippen molar-refractivity contribution < 1.29 is 43.8 Å². The first kappa shape index (κ1) is 56.1. The minimum Gasteiger partial charge on any atom is -0.508 e. The number of guanidine groups is 1. The summed E-state index contributed by atoms with van der Waals surface area (Å²) in [4.78, 5) is 100. The molecule has 0 aliphatic rings. The first-order chi connectivity index (χ1) is 33.9. The lowest BCUT2D eigenvalue weighted by Crippen LogP contribution is -2.61. The Morgan fingerprint density at radius 3 is 1.21 bits per heavy atom. The number of carbonyl (C=O) groups excluding carboxylic acids is 6. The molecule has 0 aliphatic heterocycles. The number of aliphatic carboxylic acids is 1. The lowest BCUT2D eigenvalue weighted by molar-refractivity contribution is -0.142. The number of nitrogens with one attached hydrogen (secondary N) is 6. The van der Waals surface area contributed by atoms with Crippen LogP contribution in [-0.4, -0.2) is 112 Å². The fourth-order valence-corrected chi connectivity index (χ4v) is 7.69. The second-order valence-electron chi connectivity index (χ2n) is 17.5. The fourth-order valence-electron chi connectivity index (χ4n) is 7.43. The number of carboxylic acids is 1. The van der Waals surface area contributed by atoms with Gasteiger partial charge in [-0.3, -0.25) is 33.8 Å². The molecule has 19 nitrogen and oxygen atoms in total. The van der Waals surface area contributed by atoms with Gasteiger partial charge in [0.2, 0.25) is 35.4 Å². The van der Waals surface area contributed by atoms with E-state index in [4.69, 9.17) is 17.2 Å². The molecule has 7 atom stereocenters. The first-order valence-corrected chi connectivity index (χ1v) is 23.9. The Hall–Kier alpha value is -7.45. The molecule has 20 heteroatoms. The molecule has 0 saturated carbocycles. The molecule has 0 spiro atoms. The summed E-state index contributed by atoms with van der Waals surface area (Å²) in [5.74, 6) is -6.23. The third kappa shape index (κ3) is 19.8. The molecule has 0 aliphatic carbocycles. The molecule has 14 N–H and O–H groups in total. The van der Waals surface area contributed by atoms with E-state index >= 15 is 0 Å². The number of thiol groups is 1. The predicted molar refractivity (Wildman–Crippen MR) is 273 cm³/mol. The maximum absolute atomic E-state index is 14.3. The molecule has 0 bridgehead atoms. The summed E-state index contributed by atoms with van der Waals surface area (Å²) in [6.45, 7) is 3.86. The molecule has 4 aromatic rings. The average molecular weight is 995 g/mol. The number of nitrogens with two attached hydrogens (primary N) is 3. The standard InChI is InChI=1S/C51H66N10O9S/c1-31(2)25-42(50(69)70)60-47(66)41(29-35-20-22-36(62)23-21-35)58-46(65)39(27-33-15-8-4-9-16-33)59-49(68)43(30-71)61-48(67)40(28-34-17-10-5-11-18-34)57-45(64)38(26-32-13-6-3-7-14-32)56-44(63)37(52)19-12-24-55-51(53)54/h3-11,13-18,20-23,31,37-43,62,71H,12,19,24-30,52H2,1-2H3,(H,56,63)(H,57,64)(H,58,65)(H,59,68)(H,60,66)(H,61,67)(H,69,70)(H4,53,54,55)/t37-,38-,39-,40-,41-,42-,43-/m0/s1. The zero-order valence-electron chi connectivity index (χ0n) is 39.8. The number of carboxylic acid groups (broad SMARTS) is 1. The molecule has 0 aromatic heterocycles. The van der Waals surface area contributed by atoms with Gasteiger partial charge in [-0.25, -0.2) is 4.79 Å². The third-order valence-electron chi connectivity index (χ3n) is 11.2. The normalized spacial score (nSPS) is 13.9. The van der Waals surface area contributed by atoms with Gasteiger partial charge in [0.05, 0.1) is 6.04 Å². The largest absolute Gasteiger partial charge is 0.508 e. The average Bonchev–Trinajstić information content (AvgIpc) is 3.34. The van der Waals surface area contributed by atoms with Gasteiger partial charge in [-0.15, -0.1) is 0 Å². The summed E-state index contributed by atoms with van der Waals surface area (Å²) >= 11 is 4.38. The van der Waals surface area contributed by atoms with E-state index in [2.05, 4.69) is 49.5 Å². The van der Waals surface area contributed by atoms with E-state index in [9.17, 15) is 43.8 Å². The smallest absolute Gasteiger partial charge is 0.326 e. The number of benzene rings is 4. The zero-order valence-corrected chi connectivity index (χ0v) is 40.7. The maximum atomic E-state index is 14.3. The Morgan fingerprint density at radius 1 is 0.521 bits per heavy atom. The van der Waals surface area contributed by atoms with Crippen LogP contribution in [0, 0.1) is 5.92 Å². The quantitative estimate of drug-likeness (QED) is 0.0164. The second kappa shape index (κ2) is 28.9. The summed E-state index contributed by atoms with van der Waals surface area (Å²) in [6, 6.07) is 23.6. The number of aliphatic imine (C=N–C) groups is 1. The highest BCUT2D eigenvalue weighted by molar-refractivity contribution is 7.80. The number of amides is 6. The van der Waals surface area contributed by atoms with Crippen molar-refractivity contribution in [3.63, 3.8) is 0 Å². The van der Waals surface area contributed by atoms with Gasteiger partial charge in [0, 0.05) is 38.0 Å². The number of aromatic hydroxyl groups is 1. The van der Waals surface area contributed by atoms with Gasteiger partial charge < -0.3 is 59.3 Å². The highest BCUT2D eigenvalue weighted by atomic mass is 32.1. The van der Waals surface area contributed by atoms with Gasteiger partial charge in [0.1, 0.15) is 42.0 Å². The number of carbonyl (C=O) groups is 7. The van der Waals surface area contributed by atoms with Gasteiger partial charge in [0.25, 0.3) is 0 Å². The van der Waals surface area contributed by atoms with Crippen molar-refractivity contribution in [2.24, 2.45) is 28.1 Å². The summed E-state index contributed by atoms with van der Waals surface area (Å²) < 4.78 is 0. The summed E-state index contributed by atoms with van der Waals surface area (Å²) in [6.07, 6.45) is 0.564. The number of hydrogen-bond acceptors (Lipinski definition) is 11. The minimum atomic E-state index is -1.37. The van der Waals surface area contributed by atoms with E-state index < -0.39 is 83.7 Å². The molecule has 380 valence electrons. The zero-order chi connectivity index (χ0) is 51.9. The van der Waals surface area contributed by atoms with Crippen molar-refractivity contribution in [1.29, 1.82) is 0 Å². The summed E-state index contributed by atoms with van der Waals surface area (Å²) in [5.41, 5.74) is 19.6. The number of phenols is 1. The number of nitrogens with zero attached hydrogens (tertiary/aromatic N) is 1. The van der Waals surface area contributed by atoms with Crippen molar-refractivity contribution in [2.75, 3.05) is 12.3 Å². The van der Waals surface area contributed by atoms with Crippen LogP contribution in [0.3, 0.4) is 0 Å². The van der Waals surface area contributed by atoms with Crippen molar-refractivity contribution in [2.45, 2.75) is 101 Å². The lowest BCUT2D eigenvalue weighted by atomic mass is 10.0. The Kier molecular flexibility index (Phi) is 22.9. The minimum absolute atomic E-state index is 0.0287. The first-order valence-electron chi connectivity index (χ1n) is 23.3. The van der Waals surface area contributed by atoms with Crippen LogP contribution < -0.4 is 49.1 Å². The molecule has 0 heterocycles. The van der Waals surface area contributed by atoms with Gasteiger partial charge >= 0.3 is 5.97 Å². The van der Waals surface area contributed by atoms with Crippen molar-refractivity contribution in [3.8, 4) is 5.75 Å². The molecule has 71 heavy (non-hydrogen) atoms. The Balaban J connectivity index is 1.59. The van der Waals surface area contributed by atoms with E-state index in [1.165, 1.54) is 12.1 Å². The van der Waals surface area contributed by atoms with Gasteiger partial charge in [0.15, 0.2) is 5.96 Å². The van der Waals surface area contributed by atoms with Gasteiger partial charge in [-0.05, 0) is 59.6 Å². The molecule has 0 unspecified atom stereocenters. The topological polar surface area (TPSA) is 323 Å². The van der Waals surface area contributed by atoms with E-state index in [1.54, 1.807) is 117 Å². The van der Waals surface area contributed by atoms with Crippen LogP contribution in [0.1, 0.15) is 55.4 Å². The number of hydrogen-bond donors (Lipinski definition) is 12. The van der Waals surface area contributed by atoms with Gasteiger partial charge in [-0.2, -0.15) is 12.6 Å². The predicted octanol–water partition coefficient (Wildman–Crippen LogP) is 1.01. The second-order valence-corrected chi connectivity index (χ2v) is 17.9. The van der Waals surface area contributed by atoms with Crippen LogP contribution in [0.2, 0.25) is 0 Å². The fraction of sp³-hybridized carbons (Fsp3) is 0.373.